The molecule has 4 nitrogen and oxygen atoms in total. The molecule has 7 heteroatoms. The first-order chi connectivity index (χ1) is 11.9. The summed E-state index contributed by atoms with van der Waals surface area (Å²) in [7, 11) is 0. The van der Waals surface area contributed by atoms with E-state index in [1.807, 2.05) is 19.2 Å². The van der Waals surface area contributed by atoms with Crippen LogP contribution in [0.3, 0.4) is 0 Å². The summed E-state index contributed by atoms with van der Waals surface area (Å²) in [5, 5.41) is 12.6. The van der Waals surface area contributed by atoms with Crippen molar-refractivity contribution < 1.29 is 27.9 Å². The van der Waals surface area contributed by atoms with Gasteiger partial charge in [-0.1, -0.05) is 5.57 Å². The number of carbonyl (C=O) groups is 2. The number of hydrogen-bond donors (Lipinski definition) is 2. The summed E-state index contributed by atoms with van der Waals surface area (Å²) in [5.74, 6) is -2.22. The summed E-state index contributed by atoms with van der Waals surface area (Å²) < 4.78 is 36.7. The second-order valence-corrected chi connectivity index (χ2v) is 7.56. The normalized spacial score (nSPS) is 27.0. The number of halogens is 3. The highest BCUT2D eigenvalue weighted by Gasteiger charge is 2.64. The van der Waals surface area contributed by atoms with Crippen LogP contribution in [0.15, 0.2) is 33.9 Å². The molecule has 3 aliphatic carbocycles. The fraction of sp³-hybridized carbons (Fsp3) is 0.579. The molecule has 0 aromatic rings. The molecule has 1 atom stereocenters. The zero-order chi connectivity index (χ0) is 19.5. The molecule has 26 heavy (non-hydrogen) atoms. The lowest BCUT2D eigenvalue weighted by Gasteiger charge is -2.39. The maximum atomic E-state index is 12.8. The van der Waals surface area contributed by atoms with Crippen LogP contribution < -0.4 is 5.32 Å². The molecule has 142 valence electrons. The van der Waals surface area contributed by atoms with Gasteiger partial charge >= 0.3 is 12.1 Å². The van der Waals surface area contributed by atoms with Crippen LogP contribution in [0.2, 0.25) is 0 Å². The van der Waals surface area contributed by atoms with E-state index in [0.717, 1.165) is 35.1 Å². The molecule has 0 aromatic carbocycles. The van der Waals surface area contributed by atoms with Crippen molar-refractivity contribution in [2.75, 3.05) is 6.54 Å². The molecule has 0 aromatic heterocycles. The topological polar surface area (TPSA) is 66.4 Å². The second kappa shape index (κ2) is 5.81. The van der Waals surface area contributed by atoms with Crippen molar-refractivity contribution in [1.82, 2.24) is 5.32 Å². The maximum Gasteiger partial charge on any atom is 0.471 e. The Labute approximate surface area is 149 Å². The predicted octanol–water partition coefficient (Wildman–Crippen LogP) is 3.13. The smallest absolute Gasteiger partial charge is 0.381 e. The van der Waals surface area contributed by atoms with E-state index in [0.29, 0.717) is 18.4 Å². The Hall–Kier alpha value is -1.89. The third kappa shape index (κ3) is 2.64. The van der Waals surface area contributed by atoms with Crippen molar-refractivity contribution in [3.63, 3.8) is 0 Å². The zero-order valence-electron chi connectivity index (χ0n) is 15.0. The summed E-state index contributed by atoms with van der Waals surface area (Å²) >= 11 is 0. The lowest BCUT2D eigenvalue weighted by Crippen LogP contribution is -2.49. The predicted molar refractivity (Wildman–Crippen MR) is 89.1 cm³/mol. The molecule has 0 unspecified atom stereocenters. The highest BCUT2D eigenvalue weighted by Crippen LogP contribution is 2.65. The Morgan fingerprint density at radius 1 is 1.31 bits per heavy atom. The Balaban J connectivity index is 1.76. The van der Waals surface area contributed by atoms with Crippen LogP contribution in [0, 0.1) is 5.41 Å². The number of amides is 1. The van der Waals surface area contributed by atoms with Crippen LogP contribution >= 0.6 is 0 Å². The molecule has 0 bridgehead atoms. The van der Waals surface area contributed by atoms with Crippen molar-refractivity contribution in [1.29, 1.82) is 0 Å². The number of allylic oxidation sites excluding steroid dienone is 4. The fourth-order valence-electron chi connectivity index (χ4n) is 4.30. The second-order valence-electron chi connectivity index (χ2n) is 7.56. The van der Waals surface area contributed by atoms with Crippen molar-refractivity contribution in [2.45, 2.75) is 58.2 Å². The van der Waals surface area contributed by atoms with E-state index >= 15 is 0 Å². The molecule has 0 heterocycles. The van der Waals surface area contributed by atoms with E-state index in [2.05, 4.69) is 0 Å². The summed E-state index contributed by atoms with van der Waals surface area (Å²) in [4.78, 5) is 23.7. The van der Waals surface area contributed by atoms with Gasteiger partial charge in [0.15, 0.2) is 5.78 Å². The maximum absolute atomic E-state index is 12.8. The minimum Gasteiger partial charge on any atom is -0.381 e. The van der Waals surface area contributed by atoms with Crippen LogP contribution in [-0.2, 0) is 9.59 Å². The van der Waals surface area contributed by atoms with E-state index < -0.39 is 23.1 Å². The monoisotopic (exact) mass is 369 g/mol. The van der Waals surface area contributed by atoms with Gasteiger partial charge in [-0.05, 0) is 69.2 Å². The molecule has 0 aliphatic heterocycles. The third-order valence-corrected chi connectivity index (χ3v) is 6.02. The van der Waals surface area contributed by atoms with Gasteiger partial charge in [-0.2, -0.15) is 13.2 Å². The lowest BCUT2D eigenvalue weighted by molar-refractivity contribution is -0.173. The molecule has 1 saturated carbocycles. The van der Waals surface area contributed by atoms with Gasteiger partial charge in [-0.25, -0.2) is 0 Å². The van der Waals surface area contributed by atoms with Crippen molar-refractivity contribution in [2.24, 2.45) is 5.41 Å². The summed E-state index contributed by atoms with van der Waals surface area (Å²) in [5.41, 5.74) is 2.21. The zero-order valence-corrected chi connectivity index (χ0v) is 15.0. The van der Waals surface area contributed by atoms with Crippen molar-refractivity contribution >= 4 is 11.7 Å². The van der Waals surface area contributed by atoms with E-state index in [1.165, 1.54) is 0 Å². The molecule has 0 radical (unpaired) electrons. The molecule has 1 amide bonds. The average Bonchev–Trinajstić information content (AvgIpc) is 3.28. The Bertz CT molecular complexity index is 780. The first-order valence-electron chi connectivity index (χ1n) is 8.69. The molecule has 3 aliphatic rings. The first kappa shape index (κ1) is 18.9. The first-order valence-corrected chi connectivity index (χ1v) is 8.69. The molecule has 3 rings (SSSR count). The molecule has 0 saturated heterocycles. The SMILES string of the molecule is CC1=C(CCCNC(=O)C(F)(F)F)C2=C(C)C3(CC3)[C@@](C)(O)C(=O)C2=C1. The molecular weight excluding hydrogens is 347 g/mol. The van der Waals surface area contributed by atoms with Gasteiger partial charge in [0, 0.05) is 17.5 Å². The number of fused-ring (bicyclic) bond motifs is 1. The summed E-state index contributed by atoms with van der Waals surface area (Å²) in [6.45, 7) is 5.27. The minimum absolute atomic E-state index is 0.0897. The number of rotatable bonds is 4. The molecule has 1 spiro atoms. The van der Waals surface area contributed by atoms with Crippen LogP contribution in [0.5, 0.6) is 0 Å². The highest BCUT2D eigenvalue weighted by molar-refractivity contribution is 6.10. The summed E-state index contributed by atoms with van der Waals surface area (Å²) in [6, 6.07) is 0. The van der Waals surface area contributed by atoms with Gasteiger partial charge in [0.25, 0.3) is 0 Å². The lowest BCUT2D eigenvalue weighted by atomic mass is 9.67. The largest absolute Gasteiger partial charge is 0.471 e. The number of Topliss-reactive ketones (excluding diaryl/α,β-unsaturated/α-hetero) is 1. The van der Waals surface area contributed by atoms with E-state index in [4.69, 9.17) is 0 Å². The van der Waals surface area contributed by atoms with Crippen molar-refractivity contribution in [3.8, 4) is 0 Å². The van der Waals surface area contributed by atoms with Crippen LogP contribution in [-0.4, -0.2) is 35.1 Å². The van der Waals surface area contributed by atoms with E-state index in [1.54, 1.807) is 13.0 Å². The fourth-order valence-corrected chi connectivity index (χ4v) is 4.30. The molecular formula is C19H22F3NO3. The quantitative estimate of drug-likeness (QED) is 0.749. The van der Waals surface area contributed by atoms with Crippen LogP contribution in [0.1, 0.15) is 46.5 Å². The standard InChI is InChI=1S/C19H22F3NO3/c1-10-9-13-14(11(2)18(6-7-18)17(3,26)15(13)24)12(10)5-4-8-23-16(25)19(20,21)22/h9,26H,4-8H2,1-3H3,(H,23,25)/t17-/m0/s1. The Morgan fingerprint density at radius 2 is 1.92 bits per heavy atom. The number of alkyl halides is 3. The van der Waals surface area contributed by atoms with Gasteiger partial charge in [0.2, 0.25) is 0 Å². The average molecular weight is 369 g/mol. The number of aliphatic hydroxyl groups is 1. The molecule has 1 fully saturated rings. The summed E-state index contributed by atoms with van der Waals surface area (Å²) in [6.07, 6.45) is -0.818. The number of hydrogen-bond acceptors (Lipinski definition) is 3. The van der Waals surface area contributed by atoms with Crippen LogP contribution in [0.25, 0.3) is 0 Å². The van der Waals surface area contributed by atoms with Crippen LogP contribution in [0.4, 0.5) is 13.2 Å². The Kier molecular flexibility index (Phi) is 4.22. The minimum atomic E-state index is -4.88. The van der Waals surface area contributed by atoms with Gasteiger partial charge in [-0.3, -0.25) is 9.59 Å². The van der Waals surface area contributed by atoms with Gasteiger partial charge in [0.05, 0.1) is 0 Å². The van der Waals surface area contributed by atoms with Gasteiger partial charge in [0.1, 0.15) is 5.60 Å². The number of ketones is 1. The van der Waals surface area contributed by atoms with E-state index in [-0.39, 0.29) is 12.3 Å². The molecule has 2 N–H and O–H groups in total. The van der Waals surface area contributed by atoms with Gasteiger partial charge < -0.3 is 10.4 Å². The third-order valence-electron chi connectivity index (χ3n) is 6.02. The Morgan fingerprint density at radius 3 is 2.46 bits per heavy atom. The van der Waals surface area contributed by atoms with E-state index in [9.17, 15) is 27.9 Å². The van der Waals surface area contributed by atoms with Gasteiger partial charge in [-0.15, -0.1) is 0 Å². The number of nitrogens with one attached hydrogen (secondary N) is 1. The van der Waals surface area contributed by atoms with Crippen molar-refractivity contribution in [3.05, 3.63) is 33.9 Å². The highest BCUT2D eigenvalue weighted by atomic mass is 19.4. The number of carbonyl (C=O) groups excluding carboxylic acids is 2.